The molecule has 1 aliphatic heterocycles. The number of aliphatic hydroxyl groups excluding tert-OH is 3. The lowest BCUT2D eigenvalue weighted by molar-refractivity contribution is -0.0133. The number of hydrogen-bond acceptors (Lipinski definition) is 7. The molecule has 0 bridgehead atoms. The molecule has 1 saturated heterocycles. The summed E-state index contributed by atoms with van der Waals surface area (Å²) in [7, 11) is 0. The minimum atomic E-state index is -1.33. The van der Waals surface area contributed by atoms with Crippen LogP contribution in [0.4, 0.5) is 9.59 Å². The number of nitrogens with one attached hydrogen (secondary N) is 2. The van der Waals surface area contributed by atoms with Crippen LogP contribution in [0.5, 0.6) is 0 Å². The SMILES string of the molecule is O=C(NC[C@@H](O)[C@@H](O)CO)OC[C@@H]1CNC(=O)O1. The summed E-state index contributed by atoms with van der Waals surface area (Å²) in [4.78, 5) is 21.8. The van der Waals surface area contributed by atoms with Crippen molar-refractivity contribution >= 4 is 12.2 Å². The summed E-state index contributed by atoms with van der Waals surface area (Å²) in [5, 5.41) is 31.3. The molecule has 0 aromatic rings. The van der Waals surface area contributed by atoms with Crippen LogP contribution in [0.25, 0.3) is 0 Å². The maximum atomic E-state index is 11.1. The molecule has 1 rings (SSSR count). The first-order valence-electron chi connectivity index (χ1n) is 5.35. The lowest BCUT2D eigenvalue weighted by atomic mass is 10.2. The molecular weight excluding hydrogens is 248 g/mol. The Bertz CT molecular complexity index is 299. The summed E-state index contributed by atoms with van der Waals surface area (Å²) < 4.78 is 9.43. The summed E-state index contributed by atoms with van der Waals surface area (Å²) in [6.45, 7) is -0.716. The molecular formula is C9H16N2O7. The van der Waals surface area contributed by atoms with Crippen molar-refractivity contribution in [2.24, 2.45) is 0 Å². The molecule has 0 saturated carbocycles. The largest absolute Gasteiger partial charge is 0.446 e. The molecule has 0 spiro atoms. The van der Waals surface area contributed by atoms with Crippen LogP contribution in [0, 0.1) is 0 Å². The molecule has 5 N–H and O–H groups in total. The van der Waals surface area contributed by atoms with Gasteiger partial charge >= 0.3 is 12.2 Å². The fourth-order valence-corrected chi connectivity index (χ4v) is 1.19. The van der Waals surface area contributed by atoms with Crippen molar-refractivity contribution in [3.05, 3.63) is 0 Å². The monoisotopic (exact) mass is 264 g/mol. The Balaban J connectivity index is 2.12. The predicted molar refractivity (Wildman–Crippen MR) is 56.7 cm³/mol. The first-order valence-corrected chi connectivity index (χ1v) is 5.35. The summed E-state index contributed by atoms with van der Waals surface area (Å²) >= 11 is 0. The first-order chi connectivity index (χ1) is 8.52. The van der Waals surface area contributed by atoms with Crippen molar-refractivity contribution in [2.45, 2.75) is 18.3 Å². The van der Waals surface area contributed by atoms with Gasteiger partial charge in [-0.15, -0.1) is 0 Å². The Labute approximate surface area is 103 Å². The van der Waals surface area contributed by atoms with E-state index >= 15 is 0 Å². The van der Waals surface area contributed by atoms with Gasteiger partial charge in [-0.05, 0) is 0 Å². The highest BCUT2D eigenvalue weighted by molar-refractivity contribution is 5.69. The van der Waals surface area contributed by atoms with E-state index in [1.807, 2.05) is 0 Å². The van der Waals surface area contributed by atoms with Gasteiger partial charge in [0.1, 0.15) is 12.7 Å². The Kier molecular flexibility index (Phi) is 5.62. The third kappa shape index (κ3) is 4.73. The molecule has 1 heterocycles. The zero-order valence-electron chi connectivity index (χ0n) is 9.54. The van der Waals surface area contributed by atoms with E-state index in [1.54, 1.807) is 0 Å². The highest BCUT2D eigenvalue weighted by Crippen LogP contribution is 2.00. The van der Waals surface area contributed by atoms with Gasteiger partial charge in [0.15, 0.2) is 6.10 Å². The minimum Gasteiger partial charge on any atom is -0.446 e. The second-order valence-corrected chi connectivity index (χ2v) is 3.70. The number of amides is 2. The summed E-state index contributed by atoms with van der Waals surface area (Å²) in [5.74, 6) is 0. The quantitative estimate of drug-likeness (QED) is 0.358. The third-order valence-corrected chi connectivity index (χ3v) is 2.23. The van der Waals surface area contributed by atoms with Crippen molar-refractivity contribution < 1.29 is 34.4 Å². The number of carbonyl (C=O) groups is 2. The van der Waals surface area contributed by atoms with E-state index in [0.29, 0.717) is 0 Å². The summed E-state index contributed by atoms with van der Waals surface area (Å²) in [5.41, 5.74) is 0. The topological polar surface area (TPSA) is 137 Å². The van der Waals surface area contributed by atoms with E-state index in [2.05, 4.69) is 10.6 Å². The van der Waals surface area contributed by atoms with E-state index < -0.39 is 37.1 Å². The maximum absolute atomic E-state index is 11.1. The molecule has 0 aromatic heterocycles. The molecule has 1 aliphatic rings. The second-order valence-electron chi connectivity index (χ2n) is 3.70. The Hall–Kier alpha value is -1.58. The molecule has 9 heteroatoms. The van der Waals surface area contributed by atoms with Gasteiger partial charge < -0.3 is 35.4 Å². The molecule has 1 fully saturated rings. The highest BCUT2D eigenvalue weighted by Gasteiger charge is 2.24. The number of rotatable bonds is 6. The maximum Gasteiger partial charge on any atom is 0.407 e. The first kappa shape index (κ1) is 14.5. The molecule has 3 atom stereocenters. The average Bonchev–Trinajstić information content (AvgIpc) is 2.78. The molecule has 2 amide bonds. The van der Waals surface area contributed by atoms with E-state index in [4.69, 9.17) is 19.7 Å². The van der Waals surface area contributed by atoms with Crippen molar-refractivity contribution in [3.63, 3.8) is 0 Å². The lowest BCUT2D eigenvalue weighted by Gasteiger charge is -2.16. The Morgan fingerprint density at radius 3 is 2.83 bits per heavy atom. The number of aliphatic hydroxyl groups is 3. The van der Waals surface area contributed by atoms with Crippen LogP contribution in [-0.2, 0) is 9.47 Å². The van der Waals surface area contributed by atoms with Crippen LogP contribution in [0.2, 0.25) is 0 Å². The number of alkyl carbamates (subject to hydrolysis) is 2. The van der Waals surface area contributed by atoms with Gasteiger partial charge in [-0.25, -0.2) is 9.59 Å². The van der Waals surface area contributed by atoms with Gasteiger partial charge in [0.25, 0.3) is 0 Å². The lowest BCUT2D eigenvalue weighted by Crippen LogP contribution is -2.41. The minimum absolute atomic E-state index is 0.108. The van der Waals surface area contributed by atoms with Gasteiger partial charge in [0.05, 0.1) is 19.3 Å². The zero-order valence-corrected chi connectivity index (χ0v) is 9.54. The van der Waals surface area contributed by atoms with Crippen molar-refractivity contribution in [1.82, 2.24) is 10.6 Å². The molecule has 0 aliphatic carbocycles. The number of ether oxygens (including phenoxy) is 2. The Morgan fingerprint density at radius 2 is 2.28 bits per heavy atom. The van der Waals surface area contributed by atoms with E-state index in [0.717, 1.165) is 0 Å². The molecule has 9 nitrogen and oxygen atoms in total. The van der Waals surface area contributed by atoms with Crippen LogP contribution in [0.1, 0.15) is 0 Å². The third-order valence-electron chi connectivity index (χ3n) is 2.23. The van der Waals surface area contributed by atoms with Gasteiger partial charge in [-0.3, -0.25) is 0 Å². The fourth-order valence-electron chi connectivity index (χ4n) is 1.19. The average molecular weight is 264 g/mol. The molecule has 0 aromatic carbocycles. The van der Waals surface area contributed by atoms with Gasteiger partial charge in [0, 0.05) is 6.54 Å². The van der Waals surface area contributed by atoms with Crippen molar-refractivity contribution in [1.29, 1.82) is 0 Å². The molecule has 0 radical (unpaired) electrons. The van der Waals surface area contributed by atoms with Gasteiger partial charge in [-0.1, -0.05) is 0 Å². The Morgan fingerprint density at radius 1 is 1.56 bits per heavy atom. The summed E-state index contributed by atoms with van der Waals surface area (Å²) in [6.07, 6.45) is -4.53. The zero-order chi connectivity index (χ0) is 13.5. The van der Waals surface area contributed by atoms with E-state index in [9.17, 15) is 14.7 Å². The molecule has 18 heavy (non-hydrogen) atoms. The van der Waals surface area contributed by atoms with Crippen LogP contribution in [0.15, 0.2) is 0 Å². The summed E-state index contributed by atoms with van der Waals surface area (Å²) in [6, 6.07) is 0. The number of carbonyl (C=O) groups excluding carboxylic acids is 2. The molecule has 0 unspecified atom stereocenters. The standard InChI is InChI=1S/C9H16N2O7/c12-3-7(14)6(13)2-11-8(15)17-4-5-1-10-9(16)18-5/h5-7,12-14H,1-4H2,(H,10,16)(H,11,15)/t5-,6+,7-/m0/s1. The van der Waals surface area contributed by atoms with E-state index in [1.165, 1.54) is 0 Å². The van der Waals surface area contributed by atoms with Crippen molar-refractivity contribution in [3.8, 4) is 0 Å². The van der Waals surface area contributed by atoms with Gasteiger partial charge in [-0.2, -0.15) is 0 Å². The van der Waals surface area contributed by atoms with Crippen LogP contribution in [0.3, 0.4) is 0 Å². The fraction of sp³-hybridized carbons (Fsp3) is 0.778. The van der Waals surface area contributed by atoms with Crippen LogP contribution in [-0.4, -0.2) is 72.1 Å². The number of cyclic esters (lactones) is 1. The highest BCUT2D eigenvalue weighted by atomic mass is 16.6. The van der Waals surface area contributed by atoms with Crippen molar-refractivity contribution in [2.75, 3.05) is 26.3 Å². The normalized spacial score (nSPS) is 21.7. The van der Waals surface area contributed by atoms with E-state index in [-0.39, 0.29) is 19.7 Å². The van der Waals surface area contributed by atoms with Crippen LogP contribution >= 0.6 is 0 Å². The molecule has 104 valence electrons. The smallest absolute Gasteiger partial charge is 0.407 e. The second kappa shape index (κ2) is 6.99. The van der Waals surface area contributed by atoms with Crippen LogP contribution < -0.4 is 10.6 Å². The van der Waals surface area contributed by atoms with Gasteiger partial charge in [0.2, 0.25) is 0 Å². The predicted octanol–water partition coefficient (Wildman–Crippen LogP) is -2.46. The number of hydrogen-bond donors (Lipinski definition) is 5.